The second-order valence-corrected chi connectivity index (χ2v) is 10.8. The van der Waals surface area contributed by atoms with Crippen LogP contribution in [0.5, 0.6) is 0 Å². The van der Waals surface area contributed by atoms with Crippen molar-refractivity contribution in [2.45, 2.75) is 106 Å². The van der Waals surface area contributed by atoms with Gasteiger partial charge in [-0.15, -0.1) is 9.24 Å². The van der Waals surface area contributed by atoms with Crippen LogP contribution in [-0.4, -0.2) is 12.8 Å². The molecule has 2 unspecified atom stereocenters. The van der Waals surface area contributed by atoms with Crippen LogP contribution in [0.25, 0.3) is 6.08 Å². The van der Waals surface area contributed by atoms with Crippen molar-refractivity contribution in [1.82, 2.24) is 0 Å². The molecule has 3 rings (SSSR count). The first-order valence-corrected chi connectivity index (χ1v) is 14.8. The number of hydrogen-bond donors (Lipinski definition) is 1. The van der Waals surface area contributed by atoms with Crippen LogP contribution in [-0.2, 0) is 6.18 Å². The molecule has 1 saturated carbocycles. The van der Waals surface area contributed by atoms with Gasteiger partial charge in [0.15, 0.2) is 5.78 Å². The first kappa shape index (κ1) is 36.9. The van der Waals surface area contributed by atoms with Gasteiger partial charge in [-0.3, -0.25) is 4.79 Å². The minimum Gasteiger partial charge on any atom is -0.388 e. The van der Waals surface area contributed by atoms with E-state index in [4.69, 9.17) is 0 Å². The molecule has 2 atom stereocenters. The van der Waals surface area contributed by atoms with Crippen molar-refractivity contribution in [1.29, 1.82) is 0 Å². The molecule has 1 aliphatic rings. The maximum Gasteiger partial charge on any atom is 0.416 e. The highest BCUT2D eigenvalue weighted by molar-refractivity contribution is 7.27. The van der Waals surface area contributed by atoms with Gasteiger partial charge in [0.25, 0.3) is 0 Å². The molecule has 0 heterocycles. The summed E-state index contributed by atoms with van der Waals surface area (Å²) in [6, 6.07) is 10.8. The molecule has 0 radical (unpaired) electrons. The molecule has 2 aromatic carbocycles. The fourth-order valence-corrected chi connectivity index (χ4v) is 4.63. The number of alkyl halides is 3. The standard InChI is InChI=1S/C13H19P.C12H12F3NO.C6H14.C2H6/c1-10(13(2)8-3-9-13)11-4-6-12(14)7-5-11;1-4-8-5-9(12(13,14)15)6-10(16-3)11(8)7(2)17;1-3-5-6-4-2;1-2/h4-7,10H,3,8-9,14H2,1-2H3;4-6,16H,1H2,2-3H3;3-6H2,1-2H3;1-2H3. The van der Waals surface area contributed by atoms with Crippen molar-refractivity contribution in [3.8, 4) is 0 Å². The number of benzene rings is 2. The number of ketones is 1. The first-order chi connectivity index (χ1) is 18.3. The number of hydrogen-bond acceptors (Lipinski definition) is 2. The number of anilines is 1. The molecule has 1 aliphatic carbocycles. The Hall–Kier alpha value is -2.13. The molecule has 1 fully saturated rings. The lowest BCUT2D eigenvalue weighted by molar-refractivity contribution is -0.137. The molecule has 2 aromatic rings. The van der Waals surface area contributed by atoms with Crippen molar-refractivity contribution in [3.63, 3.8) is 0 Å². The van der Waals surface area contributed by atoms with E-state index in [0.717, 1.165) is 12.1 Å². The molecule has 0 aliphatic heterocycles. The Morgan fingerprint density at radius 3 is 1.95 bits per heavy atom. The maximum absolute atomic E-state index is 12.6. The molecule has 6 heteroatoms. The van der Waals surface area contributed by atoms with Crippen molar-refractivity contribution >= 4 is 32.1 Å². The second kappa shape index (κ2) is 18.3. The summed E-state index contributed by atoms with van der Waals surface area (Å²) < 4.78 is 37.8. The van der Waals surface area contributed by atoms with E-state index in [2.05, 4.69) is 73.1 Å². The molecular formula is C33H51F3NOP. The molecule has 0 aromatic heterocycles. The Morgan fingerprint density at radius 2 is 1.62 bits per heavy atom. The zero-order chi connectivity index (χ0) is 30.2. The highest BCUT2D eigenvalue weighted by Crippen LogP contribution is 2.50. The predicted octanol–water partition coefficient (Wildman–Crippen LogP) is 10.7. The van der Waals surface area contributed by atoms with Gasteiger partial charge in [-0.25, -0.2) is 0 Å². The monoisotopic (exact) mass is 565 g/mol. The summed E-state index contributed by atoms with van der Waals surface area (Å²) in [6.45, 7) is 18.0. The highest BCUT2D eigenvalue weighted by atomic mass is 31.0. The van der Waals surface area contributed by atoms with Crippen LogP contribution >= 0.6 is 9.24 Å². The van der Waals surface area contributed by atoms with Crippen LogP contribution in [0, 0.1) is 5.41 Å². The molecule has 0 bridgehead atoms. The summed E-state index contributed by atoms with van der Waals surface area (Å²) in [6.07, 6.45) is 6.55. The smallest absolute Gasteiger partial charge is 0.388 e. The van der Waals surface area contributed by atoms with E-state index in [1.807, 2.05) is 13.8 Å². The van der Waals surface area contributed by atoms with Crippen LogP contribution in [0.3, 0.4) is 0 Å². The fourth-order valence-electron chi connectivity index (χ4n) is 4.43. The first-order valence-electron chi connectivity index (χ1n) is 14.3. The maximum atomic E-state index is 12.6. The van der Waals surface area contributed by atoms with E-state index in [1.54, 1.807) is 0 Å². The fraction of sp³-hybridized carbons (Fsp3) is 0.545. The van der Waals surface area contributed by atoms with Crippen LogP contribution in [0.15, 0.2) is 43.0 Å². The summed E-state index contributed by atoms with van der Waals surface area (Å²) >= 11 is 0. The summed E-state index contributed by atoms with van der Waals surface area (Å²) in [5.74, 6) is 0.403. The molecule has 1 N–H and O–H groups in total. The normalized spacial score (nSPS) is 14.1. The van der Waals surface area contributed by atoms with Crippen LogP contribution in [0.1, 0.15) is 126 Å². The Kier molecular flexibility index (Phi) is 17.3. The summed E-state index contributed by atoms with van der Waals surface area (Å²) in [4.78, 5) is 11.4. The molecule has 0 spiro atoms. The average molecular weight is 566 g/mol. The van der Waals surface area contributed by atoms with Crippen molar-refractivity contribution < 1.29 is 18.0 Å². The molecule has 220 valence electrons. The lowest BCUT2D eigenvalue weighted by atomic mass is 9.61. The predicted molar refractivity (Wildman–Crippen MR) is 168 cm³/mol. The van der Waals surface area contributed by atoms with Crippen LogP contribution < -0.4 is 10.6 Å². The number of carbonyl (C=O) groups is 1. The van der Waals surface area contributed by atoms with Gasteiger partial charge in [0, 0.05) is 18.3 Å². The Balaban J connectivity index is 0.000000589. The van der Waals surface area contributed by atoms with Gasteiger partial charge in [-0.1, -0.05) is 111 Å². The number of carbonyl (C=O) groups excluding carboxylic acids is 1. The molecular weight excluding hydrogens is 514 g/mol. The lowest BCUT2D eigenvalue weighted by Crippen LogP contribution is -2.31. The minimum absolute atomic E-state index is 0.155. The molecule has 0 amide bonds. The number of Topliss-reactive ketones (excluding diaryl/α,β-unsaturated/α-hetero) is 1. The zero-order valence-corrected chi connectivity index (χ0v) is 26.5. The number of nitrogens with one attached hydrogen (secondary N) is 1. The topological polar surface area (TPSA) is 29.1 Å². The Bertz CT molecular complexity index is 991. The van der Waals surface area contributed by atoms with Crippen molar-refractivity contribution in [2.24, 2.45) is 5.41 Å². The molecule has 39 heavy (non-hydrogen) atoms. The van der Waals surface area contributed by atoms with Gasteiger partial charge < -0.3 is 5.32 Å². The van der Waals surface area contributed by atoms with E-state index >= 15 is 0 Å². The Morgan fingerprint density at radius 1 is 1.10 bits per heavy atom. The summed E-state index contributed by atoms with van der Waals surface area (Å²) in [5.41, 5.74) is 1.82. The van der Waals surface area contributed by atoms with E-state index in [-0.39, 0.29) is 22.6 Å². The third kappa shape index (κ3) is 11.9. The second-order valence-electron chi connectivity index (χ2n) is 10.1. The van der Waals surface area contributed by atoms with Crippen molar-refractivity contribution in [3.05, 3.63) is 65.2 Å². The highest BCUT2D eigenvalue weighted by Gasteiger charge is 2.37. The average Bonchev–Trinajstić information content (AvgIpc) is 2.90. The number of halogens is 3. The largest absolute Gasteiger partial charge is 0.416 e. The van der Waals surface area contributed by atoms with Gasteiger partial charge >= 0.3 is 6.18 Å². The van der Waals surface area contributed by atoms with Crippen LogP contribution in [0.2, 0.25) is 0 Å². The minimum atomic E-state index is -4.45. The number of rotatable bonds is 8. The lowest BCUT2D eigenvalue weighted by Gasteiger charge is -2.44. The van der Waals surface area contributed by atoms with Gasteiger partial charge in [-0.2, -0.15) is 13.2 Å². The number of unbranched alkanes of at least 4 members (excludes halogenated alkanes) is 3. The quantitative estimate of drug-likeness (QED) is 0.196. The van der Waals surface area contributed by atoms with E-state index in [1.165, 1.54) is 75.9 Å². The SMILES string of the molecule is C=Cc1cc(C(F)(F)F)cc(NC)c1C(C)=O.CC.CC(c1ccc(P)cc1)C1(C)CCC1.CCCCCC. The van der Waals surface area contributed by atoms with Gasteiger partial charge in [0.2, 0.25) is 0 Å². The van der Waals surface area contributed by atoms with Crippen molar-refractivity contribution in [2.75, 3.05) is 12.4 Å². The van der Waals surface area contributed by atoms with Gasteiger partial charge in [-0.05, 0) is 59.7 Å². The van der Waals surface area contributed by atoms with Gasteiger partial charge in [0.05, 0.1) is 5.56 Å². The molecule has 2 nitrogen and oxygen atoms in total. The Labute approximate surface area is 238 Å². The summed E-state index contributed by atoms with van der Waals surface area (Å²) in [5, 5.41) is 3.87. The van der Waals surface area contributed by atoms with E-state index in [9.17, 15) is 18.0 Å². The third-order valence-electron chi connectivity index (χ3n) is 7.27. The van der Waals surface area contributed by atoms with Crippen LogP contribution in [0.4, 0.5) is 18.9 Å². The zero-order valence-electron chi connectivity index (χ0n) is 25.4. The third-order valence-corrected chi connectivity index (χ3v) is 7.66. The van der Waals surface area contributed by atoms with E-state index in [0.29, 0.717) is 11.3 Å². The van der Waals surface area contributed by atoms with Gasteiger partial charge in [0.1, 0.15) is 0 Å². The summed E-state index contributed by atoms with van der Waals surface area (Å²) in [7, 11) is 4.21. The molecule has 0 saturated heterocycles. The van der Waals surface area contributed by atoms with E-state index < -0.39 is 11.7 Å².